The molecule has 2 aliphatic heterocycles. The lowest BCUT2D eigenvalue weighted by Crippen LogP contribution is -2.38. The predicted octanol–water partition coefficient (Wildman–Crippen LogP) is 1.88. The Morgan fingerprint density at radius 2 is 2.28 bits per heavy atom. The molecule has 0 aromatic heterocycles. The van der Waals surface area contributed by atoms with Crippen LogP contribution < -0.4 is 5.32 Å². The van der Waals surface area contributed by atoms with Gasteiger partial charge in [0.15, 0.2) is 0 Å². The molecule has 2 heterocycles. The molecule has 0 bridgehead atoms. The summed E-state index contributed by atoms with van der Waals surface area (Å²) in [7, 11) is 0. The van der Waals surface area contributed by atoms with Crippen molar-refractivity contribution in [3.8, 4) is 6.07 Å². The maximum absolute atomic E-state index is 8.89. The van der Waals surface area contributed by atoms with Crippen molar-refractivity contribution in [1.82, 2.24) is 10.2 Å². The molecule has 2 fully saturated rings. The summed E-state index contributed by atoms with van der Waals surface area (Å²) in [5.74, 6) is 0. The average Bonchev–Trinajstić information content (AvgIpc) is 3.00. The molecule has 2 atom stereocenters. The Morgan fingerprint density at radius 3 is 3.17 bits per heavy atom. The quantitative estimate of drug-likeness (QED) is 0.878. The molecular weight excluding hydrogens is 222 g/mol. The summed E-state index contributed by atoms with van der Waals surface area (Å²) in [6.07, 6.45) is 3.96. The van der Waals surface area contributed by atoms with Gasteiger partial charge in [0.2, 0.25) is 0 Å². The second kappa shape index (κ2) is 5.09. The molecule has 94 valence electrons. The van der Waals surface area contributed by atoms with Crippen LogP contribution in [0.4, 0.5) is 0 Å². The first-order valence-electron chi connectivity index (χ1n) is 6.83. The van der Waals surface area contributed by atoms with Crippen LogP contribution in [0.15, 0.2) is 24.3 Å². The van der Waals surface area contributed by atoms with E-state index in [0.717, 1.165) is 18.2 Å². The van der Waals surface area contributed by atoms with Crippen molar-refractivity contribution in [2.24, 2.45) is 0 Å². The summed E-state index contributed by atoms with van der Waals surface area (Å²) >= 11 is 0. The highest BCUT2D eigenvalue weighted by Crippen LogP contribution is 2.28. The second-order valence-electron chi connectivity index (χ2n) is 5.33. The first kappa shape index (κ1) is 11.7. The summed E-state index contributed by atoms with van der Waals surface area (Å²) in [4.78, 5) is 2.61. The molecule has 1 aromatic rings. The zero-order chi connectivity index (χ0) is 12.4. The van der Waals surface area contributed by atoms with Crippen LogP contribution in [-0.4, -0.2) is 30.1 Å². The summed E-state index contributed by atoms with van der Waals surface area (Å²) in [6, 6.07) is 11.5. The minimum absolute atomic E-state index is 0.637. The summed E-state index contributed by atoms with van der Waals surface area (Å²) in [5, 5.41) is 12.6. The predicted molar refractivity (Wildman–Crippen MR) is 71.0 cm³/mol. The van der Waals surface area contributed by atoms with Crippen molar-refractivity contribution < 1.29 is 0 Å². The van der Waals surface area contributed by atoms with Gasteiger partial charge < -0.3 is 5.32 Å². The number of hydrogen-bond donors (Lipinski definition) is 1. The third kappa shape index (κ3) is 2.27. The van der Waals surface area contributed by atoms with Gasteiger partial charge in [-0.25, -0.2) is 0 Å². The van der Waals surface area contributed by atoms with E-state index in [4.69, 9.17) is 5.26 Å². The van der Waals surface area contributed by atoms with Gasteiger partial charge in [0.1, 0.15) is 0 Å². The minimum Gasteiger partial charge on any atom is -0.308 e. The molecule has 0 spiro atoms. The lowest BCUT2D eigenvalue weighted by molar-refractivity contribution is 0.298. The van der Waals surface area contributed by atoms with Gasteiger partial charge in [0.05, 0.1) is 11.6 Å². The van der Waals surface area contributed by atoms with E-state index in [1.807, 2.05) is 18.2 Å². The van der Waals surface area contributed by atoms with Gasteiger partial charge in [-0.15, -0.1) is 0 Å². The fourth-order valence-corrected chi connectivity index (χ4v) is 3.32. The van der Waals surface area contributed by atoms with Gasteiger partial charge in [0, 0.05) is 25.2 Å². The fourth-order valence-electron chi connectivity index (χ4n) is 3.32. The molecule has 1 aromatic carbocycles. The van der Waals surface area contributed by atoms with Crippen molar-refractivity contribution in [2.75, 3.05) is 13.1 Å². The number of nitrogens with zero attached hydrogens (tertiary/aromatic N) is 2. The Bertz CT molecular complexity index is 463. The van der Waals surface area contributed by atoms with E-state index in [9.17, 15) is 0 Å². The number of nitriles is 1. The molecule has 18 heavy (non-hydrogen) atoms. The molecule has 3 heteroatoms. The highest BCUT2D eigenvalue weighted by Gasteiger charge is 2.36. The molecule has 0 saturated carbocycles. The maximum Gasteiger partial charge on any atom is 0.0991 e. The highest BCUT2D eigenvalue weighted by atomic mass is 15.2. The third-order valence-electron chi connectivity index (χ3n) is 4.23. The van der Waals surface area contributed by atoms with Gasteiger partial charge in [-0.05, 0) is 43.5 Å². The Labute approximate surface area is 108 Å². The van der Waals surface area contributed by atoms with Gasteiger partial charge in [-0.2, -0.15) is 5.26 Å². The normalized spacial score (nSPS) is 27.1. The number of benzene rings is 1. The van der Waals surface area contributed by atoms with Gasteiger partial charge >= 0.3 is 0 Å². The van der Waals surface area contributed by atoms with Crippen LogP contribution in [-0.2, 0) is 6.54 Å². The molecule has 1 N–H and O–H groups in total. The zero-order valence-corrected chi connectivity index (χ0v) is 10.6. The van der Waals surface area contributed by atoms with Gasteiger partial charge in [-0.3, -0.25) is 4.90 Å². The molecule has 3 rings (SSSR count). The van der Waals surface area contributed by atoms with Crippen molar-refractivity contribution in [3.05, 3.63) is 35.4 Å². The highest BCUT2D eigenvalue weighted by molar-refractivity contribution is 5.32. The van der Waals surface area contributed by atoms with Crippen molar-refractivity contribution in [3.63, 3.8) is 0 Å². The van der Waals surface area contributed by atoms with E-state index in [2.05, 4.69) is 22.4 Å². The van der Waals surface area contributed by atoms with E-state index in [0.29, 0.717) is 6.04 Å². The largest absolute Gasteiger partial charge is 0.308 e. The van der Waals surface area contributed by atoms with E-state index >= 15 is 0 Å². The number of rotatable bonds is 3. The van der Waals surface area contributed by atoms with Crippen LogP contribution in [0.2, 0.25) is 0 Å². The monoisotopic (exact) mass is 241 g/mol. The third-order valence-corrected chi connectivity index (χ3v) is 4.23. The minimum atomic E-state index is 0.637. The number of nitrogens with one attached hydrogen (secondary N) is 1. The molecule has 2 saturated heterocycles. The van der Waals surface area contributed by atoms with Crippen LogP contribution in [0.3, 0.4) is 0 Å². The molecule has 3 nitrogen and oxygen atoms in total. The standard InChI is InChI=1S/C15H19N3/c16-10-12-3-1-4-13(9-12)11-17-14-6-8-18-7-2-5-15(14)18/h1,3-4,9,14-15,17H,2,5-8,11H2. The summed E-state index contributed by atoms with van der Waals surface area (Å²) in [6.45, 7) is 3.41. The maximum atomic E-state index is 8.89. The molecule has 0 radical (unpaired) electrons. The fraction of sp³-hybridized carbons (Fsp3) is 0.533. The van der Waals surface area contributed by atoms with E-state index in [1.165, 1.54) is 37.9 Å². The van der Waals surface area contributed by atoms with Crippen molar-refractivity contribution in [2.45, 2.75) is 37.9 Å². The summed E-state index contributed by atoms with van der Waals surface area (Å²) in [5.41, 5.74) is 1.97. The van der Waals surface area contributed by atoms with Crippen LogP contribution in [0.5, 0.6) is 0 Å². The number of hydrogen-bond acceptors (Lipinski definition) is 3. The topological polar surface area (TPSA) is 39.1 Å². The Morgan fingerprint density at radius 1 is 1.33 bits per heavy atom. The van der Waals surface area contributed by atoms with Gasteiger partial charge in [-0.1, -0.05) is 12.1 Å². The smallest absolute Gasteiger partial charge is 0.0991 e. The number of fused-ring (bicyclic) bond motifs is 1. The molecule has 0 aliphatic carbocycles. The first-order chi connectivity index (χ1) is 8.86. The van der Waals surface area contributed by atoms with Crippen LogP contribution in [0.25, 0.3) is 0 Å². The van der Waals surface area contributed by atoms with Crippen LogP contribution in [0, 0.1) is 11.3 Å². The second-order valence-corrected chi connectivity index (χ2v) is 5.33. The van der Waals surface area contributed by atoms with Crippen LogP contribution in [0.1, 0.15) is 30.4 Å². The SMILES string of the molecule is N#Cc1cccc(CNC2CCN3CCCC23)c1. The van der Waals surface area contributed by atoms with E-state index in [-0.39, 0.29) is 0 Å². The van der Waals surface area contributed by atoms with Crippen molar-refractivity contribution in [1.29, 1.82) is 5.26 Å². The van der Waals surface area contributed by atoms with Crippen LogP contribution >= 0.6 is 0 Å². The zero-order valence-electron chi connectivity index (χ0n) is 10.6. The lowest BCUT2D eigenvalue weighted by atomic mass is 10.1. The van der Waals surface area contributed by atoms with E-state index < -0.39 is 0 Å². The average molecular weight is 241 g/mol. The first-order valence-corrected chi connectivity index (χ1v) is 6.83. The molecule has 2 aliphatic rings. The Hall–Kier alpha value is -1.37. The Balaban J connectivity index is 1.59. The Kier molecular flexibility index (Phi) is 3.31. The molecule has 2 unspecified atom stereocenters. The summed E-state index contributed by atoms with van der Waals surface area (Å²) < 4.78 is 0. The molecular formula is C15H19N3. The van der Waals surface area contributed by atoms with Gasteiger partial charge in [0.25, 0.3) is 0 Å². The molecule has 0 amide bonds. The van der Waals surface area contributed by atoms with E-state index in [1.54, 1.807) is 0 Å². The lowest BCUT2D eigenvalue weighted by Gasteiger charge is -2.21. The van der Waals surface area contributed by atoms with Crippen molar-refractivity contribution >= 4 is 0 Å².